The molecule has 0 N–H and O–H groups in total. The summed E-state index contributed by atoms with van der Waals surface area (Å²) in [4.78, 5) is 11.7. The van der Waals surface area contributed by atoms with Crippen LogP contribution in [0.15, 0.2) is 73.1 Å². The van der Waals surface area contributed by atoms with Crippen LogP contribution in [-0.4, -0.2) is 34.0 Å². The average molecular weight is 519 g/mol. The monoisotopic (exact) mass is 517 g/mol. The summed E-state index contributed by atoms with van der Waals surface area (Å²) < 4.78 is 0. The topological polar surface area (TPSA) is 29.0 Å². The molecule has 1 saturated heterocycles. The first-order chi connectivity index (χ1) is 15.3. The van der Waals surface area contributed by atoms with E-state index in [1.54, 1.807) is 0 Å². The van der Waals surface area contributed by atoms with Gasteiger partial charge in [-0.15, -0.1) is 37.2 Å². The number of hydrogen-bond acceptors (Lipinski definition) is 3. The highest BCUT2D eigenvalue weighted by atomic mass is 35.5. The smallest absolute Gasteiger partial charge is 0.0704 e. The Labute approximate surface area is 221 Å². The minimum Gasteiger partial charge on any atom is -0.300 e. The van der Waals surface area contributed by atoms with Gasteiger partial charge in [0.2, 0.25) is 0 Å². The third kappa shape index (κ3) is 6.20. The Kier molecular flexibility index (Phi) is 11.0. The Hall–Kier alpha value is -1.91. The lowest BCUT2D eigenvalue weighted by atomic mass is 9.89. The fourth-order valence-corrected chi connectivity index (χ4v) is 5.38. The van der Waals surface area contributed by atoms with Crippen LogP contribution in [0.5, 0.6) is 0 Å². The molecule has 34 heavy (non-hydrogen) atoms. The van der Waals surface area contributed by atoms with Gasteiger partial charge in [-0.2, -0.15) is 0 Å². The molecule has 2 aromatic heterocycles. The summed E-state index contributed by atoms with van der Waals surface area (Å²) in [5, 5.41) is 2.62. The molecule has 1 fully saturated rings. The molecule has 0 aliphatic carbocycles. The minimum absolute atomic E-state index is 0. The van der Waals surface area contributed by atoms with Crippen LogP contribution in [0.3, 0.4) is 0 Å². The lowest BCUT2D eigenvalue weighted by molar-refractivity contribution is 0.103. The van der Waals surface area contributed by atoms with Gasteiger partial charge in [0.1, 0.15) is 0 Å². The van der Waals surface area contributed by atoms with E-state index in [1.807, 2.05) is 12.4 Å². The van der Waals surface area contributed by atoms with Crippen LogP contribution in [0.25, 0.3) is 21.8 Å². The SMILES string of the molecule is CN1[C@@H](CCc2ccnc3ccccc23)CCC[C@H]1CCc1ccnc2ccccc12.Cl.Cl.Cl. The van der Waals surface area contributed by atoms with E-state index >= 15 is 0 Å². The predicted octanol–water partition coefficient (Wildman–Crippen LogP) is 7.47. The number of para-hydroxylation sites is 2. The molecule has 1 aliphatic heterocycles. The molecule has 4 aromatic rings. The highest BCUT2D eigenvalue weighted by Crippen LogP contribution is 2.29. The number of hydrogen-bond donors (Lipinski definition) is 0. The number of piperidine rings is 1. The molecule has 0 unspecified atom stereocenters. The highest BCUT2D eigenvalue weighted by Gasteiger charge is 2.27. The molecule has 2 aromatic carbocycles. The second-order valence-electron chi connectivity index (χ2n) is 8.96. The summed E-state index contributed by atoms with van der Waals surface area (Å²) in [7, 11) is 2.35. The van der Waals surface area contributed by atoms with Gasteiger partial charge in [-0.05, 0) is 81.0 Å². The molecule has 5 rings (SSSR count). The molecule has 0 saturated carbocycles. The summed E-state index contributed by atoms with van der Waals surface area (Å²) in [6, 6.07) is 22.8. The number of nitrogens with zero attached hydrogens (tertiary/aromatic N) is 3. The van der Waals surface area contributed by atoms with Crippen molar-refractivity contribution in [1.29, 1.82) is 0 Å². The standard InChI is InChI=1S/C28H31N3.3ClH/c1-31-23(15-13-21-17-19-29-27-11-4-2-9-25(21)27)7-6-8-24(31)16-14-22-18-20-30-28-12-5-3-10-26(22)28;;;/h2-5,9-12,17-20,23-24H,6-8,13-16H2,1H3;3*1H/t23-,24+;;;. The zero-order valence-electron chi connectivity index (χ0n) is 19.6. The molecule has 3 heterocycles. The maximum atomic E-state index is 4.52. The van der Waals surface area contributed by atoms with Crippen LogP contribution in [0, 0.1) is 0 Å². The van der Waals surface area contributed by atoms with E-state index in [-0.39, 0.29) is 37.2 Å². The zero-order valence-corrected chi connectivity index (χ0v) is 22.0. The summed E-state index contributed by atoms with van der Waals surface area (Å²) >= 11 is 0. The summed E-state index contributed by atoms with van der Waals surface area (Å²) in [6.45, 7) is 0. The number of aromatic nitrogens is 2. The molecule has 182 valence electrons. The van der Waals surface area contributed by atoms with Crippen LogP contribution in [0.2, 0.25) is 0 Å². The number of rotatable bonds is 6. The van der Waals surface area contributed by atoms with Crippen molar-refractivity contribution in [3.05, 3.63) is 84.2 Å². The number of aryl methyl sites for hydroxylation is 2. The normalized spacial score (nSPS) is 18.0. The third-order valence-corrected chi connectivity index (χ3v) is 7.20. The van der Waals surface area contributed by atoms with Gasteiger partial charge in [-0.25, -0.2) is 0 Å². The first-order valence-electron chi connectivity index (χ1n) is 11.7. The van der Waals surface area contributed by atoms with Gasteiger partial charge in [-0.1, -0.05) is 42.8 Å². The first-order valence-corrected chi connectivity index (χ1v) is 11.7. The van der Waals surface area contributed by atoms with Crippen LogP contribution >= 0.6 is 37.2 Å². The van der Waals surface area contributed by atoms with Crippen molar-refractivity contribution in [3.63, 3.8) is 0 Å². The van der Waals surface area contributed by atoms with E-state index in [4.69, 9.17) is 0 Å². The fourth-order valence-electron chi connectivity index (χ4n) is 5.38. The zero-order chi connectivity index (χ0) is 21.0. The van der Waals surface area contributed by atoms with Crippen molar-refractivity contribution < 1.29 is 0 Å². The van der Waals surface area contributed by atoms with Crippen LogP contribution in [0.1, 0.15) is 43.2 Å². The highest BCUT2D eigenvalue weighted by molar-refractivity contribution is 5.86. The Morgan fingerprint density at radius 1 is 0.676 bits per heavy atom. The molecule has 0 amide bonds. The summed E-state index contributed by atoms with van der Waals surface area (Å²) in [5.41, 5.74) is 5.09. The van der Waals surface area contributed by atoms with Crippen molar-refractivity contribution in [2.24, 2.45) is 0 Å². The summed E-state index contributed by atoms with van der Waals surface area (Å²) in [6.07, 6.45) is 12.6. The van der Waals surface area contributed by atoms with Crippen LogP contribution in [0.4, 0.5) is 0 Å². The Balaban J connectivity index is 0.00000136. The lowest BCUT2D eigenvalue weighted by Crippen LogP contribution is -2.44. The second-order valence-corrected chi connectivity index (χ2v) is 8.96. The van der Waals surface area contributed by atoms with Gasteiger partial charge in [0, 0.05) is 35.2 Å². The molecule has 0 radical (unpaired) electrons. The van der Waals surface area contributed by atoms with Crippen molar-refractivity contribution in [2.75, 3.05) is 7.05 Å². The summed E-state index contributed by atoms with van der Waals surface area (Å²) in [5.74, 6) is 0. The second kappa shape index (κ2) is 13.3. The minimum atomic E-state index is 0. The van der Waals surface area contributed by atoms with Crippen LogP contribution in [-0.2, 0) is 12.8 Å². The van der Waals surface area contributed by atoms with Gasteiger partial charge in [0.05, 0.1) is 11.0 Å². The van der Waals surface area contributed by atoms with Gasteiger partial charge in [-0.3, -0.25) is 9.97 Å². The van der Waals surface area contributed by atoms with Gasteiger partial charge >= 0.3 is 0 Å². The molecular formula is C28H34Cl3N3. The van der Waals surface area contributed by atoms with Crippen molar-refractivity contribution >= 4 is 59.0 Å². The van der Waals surface area contributed by atoms with E-state index in [9.17, 15) is 0 Å². The van der Waals surface area contributed by atoms with Crippen molar-refractivity contribution in [1.82, 2.24) is 14.9 Å². The lowest BCUT2D eigenvalue weighted by Gasteiger charge is -2.40. The third-order valence-electron chi connectivity index (χ3n) is 7.20. The molecule has 3 nitrogen and oxygen atoms in total. The quantitative estimate of drug-likeness (QED) is 0.265. The average Bonchev–Trinajstić information content (AvgIpc) is 2.82. The number of benzene rings is 2. The van der Waals surface area contributed by atoms with E-state index < -0.39 is 0 Å². The van der Waals surface area contributed by atoms with Crippen LogP contribution < -0.4 is 0 Å². The van der Waals surface area contributed by atoms with E-state index in [0.29, 0.717) is 12.1 Å². The van der Waals surface area contributed by atoms with E-state index in [1.165, 1.54) is 54.0 Å². The van der Waals surface area contributed by atoms with Gasteiger partial charge in [0.25, 0.3) is 0 Å². The molecule has 0 spiro atoms. The molecule has 2 atom stereocenters. The Bertz CT molecular complexity index is 1080. The van der Waals surface area contributed by atoms with Gasteiger partial charge in [0.15, 0.2) is 0 Å². The van der Waals surface area contributed by atoms with E-state index in [2.05, 4.69) is 82.6 Å². The molecule has 6 heteroatoms. The Morgan fingerprint density at radius 3 is 1.59 bits per heavy atom. The molecular weight excluding hydrogens is 485 g/mol. The van der Waals surface area contributed by atoms with Crippen molar-refractivity contribution in [3.8, 4) is 0 Å². The first kappa shape index (κ1) is 28.3. The number of fused-ring (bicyclic) bond motifs is 2. The molecule has 1 aliphatic rings. The van der Waals surface area contributed by atoms with Crippen molar-refractivity contribution in [2.45, 2.75) is 57.0 Å². The number of likely N-dealkylation sites (tertiary alicyclic amines) is 1. The predicted molar refractivity (Wildman–Crippen MR) is 151 cm³/mol. The largest absolute Gasteiger partial charge is 0.300 e. The fraction of sp³-hybridized carbons (Fsp3) is 0.357. The Morgan fingerprint density at radius 2 is 1.12 bits per heavy atom. The number of halogens is 3. The maximum Gasteiger partial charge on any atom is 0.0704 e. The number of pyridine rings is 2. The van der Waals surface area contributed by atoms with Gasteiger partial charge < -0.3 is 4.90 Å². The van der Waals surface area contributed by atoms with E-state index in [0.717, 1.165) is 23.9 Å². The molecule has 0 bridgehead atoms. The maximum absolute atomic E-state index is 4.52.